The summed E-state index contributed by atoms with van der Waals surface area (Å²) in [5, 5.41) is 0.967. The van der Waals surface area contributed by atoms with Crippen molar-refractivity contribution in [3.63, 3.8) is 0 Å². The predicted octanol–water partition coefficient (Wildman–Crippen LogP) is 3.08. The summed E-state index contributed by atoms with van der Waals surface area (Å²) in [6.07, 6.45) is 5.00. The van der Waals surface area contributed by atoms with Crippen LogP contribution in [0.2, 0.25) is 10.0 Å². The van der Waals surface area contributed by atoms with Gasteiger partial charge in [0.1, 0.15) is 0 Å². The second kappa shape index (κ2) is 9.76. The van der Waals surface area contributed by atoms with E-state index in [1.165, 1.54) is 12.8 Å². The van der Waals surface area contributed by atoms with Gasteiger partial charge in [0, 0.05) is 39.3 Å². The molecule has 148 valence electrons. The van der Waals surface area contributed by atoms with Gasteiger partial charge in [0.25, 0.3) is 0 Å². The number of benzene rings is 1. The summed E-state index contributed by atoms with van der Waals surface area (Å²) in [6, 6.07) is 5.30. The lowest BCUT2D eigenvalue weighted by molar-refractivity contribution is -0.134. The fraction of sp³-hybridized carbons (Fsp3) is 0.600. The molecule has 0 spiro atoms. The number of amides is 2. The molecule has 0 unspecified atom stereocenters. The topological polar surface area (TPSA) is 43.9 Å². The second-order valence-corrected chi connectivity index (χ2v) is 8.19. The number of hydrogen-bond acceptors (Lipinski definition) is 3. The second-order valence-electron chi connectivity index (χ2n) is 7.38. The van der Waals surface area contributed by atoms with Crippen LogP contribution in [-0.2, 0) is 16.0 Å². The van der Waals surface area contributed by atoms with Gasteiger partial charge >= 0.3 is 0 Å². The predicted molar refractivity (Wildman–Crippen MR) is 108 cm³/mol. The molecule has 5 nitrogen and oxygen atoms in total. The van der Waals surface area contributed by atoms with E-state index in [4.69, 9.17) is 23.2 Å². The van der Waals surface area contributed by atoms with Crippen LogP contribution in [0.5, 0.6) is 0 Å². The molecule has 1 aromatic rings. The van der Waals surface area contributed by atoms with E-state index in [0.717, 1.165) is 44.6 Å². The van der Waals surface area contributed by atoms with E-state index in [0.29, 0.717) is 36.1 Å². The molecule has 0 saturated carbocycles. The summed E-state index contributed by atoms with van der Waals surface area (Å²) in [6.45, 7) is 5.05. The van der Waals surface area contributed by atoms with Crippen molar-refractivity contribution in [1.29, 1.82) is 0 Å². The lowest BCUT2D eigenvalue weighted by Gasteiger charge is -2.35. The van der Waals surface area contributed by atoms with Gasteiger partial charge in [-0.15, -0.1) is 0 Å². The highest BCUT2D eigenvalue weighted by Gasteiger charge is 2.24. The minimum atomic E-state index is 0.0897. The van der Waals surface area contributed by atoms with Gasteiger partial charge in [-0.3, -0.25) is 14.5 Å². The van der Waals surface area contributed by atoms with Crippen LogP contribution < -0.4 is 0 Å². The van der Waals surface area contributed by atoms with E-state index < -0.39 is 0 Å². The molecular weight excluding hydrogens is 385 g/mol. The highest BCUT2D eigenvalue weighted by Crippen LogP contribution is 2.23. The lowest BCUT2D eigenvalue weighted by atomic mass is 10.1. The molecule has 0 atom stereocenters. The van der Waals surface area contributed by atoms with Crippen LogP contribution in [-0.4, -0.2) is 72.3 Å². The third-order valence-electron chi connectivity index (χ3n) is 5.38. The van der Waals surface area contributed by atoms with Crippen LogP contribution in [0.3, 0.4) is 0 Å². The molecule has 3 rings (SSSR count). The molecule has 0 radical (unpaired) electrons. The number of piperazine rings is 1. The largest absolute Gasteiger partial charge is 0.342 e. The summed E-state index contributed by atoms with van der Waals surface area (Å²) < 4.78 is 0. The van der Waals surface area contributed by atoms with Crippen LogP contribution in [0.1, 0.15) is 31.2 Å². The molecule has 1 aromatic carbocycles. The average molecular weight is 412 g/mol. The number of carbonyl (C=O) groups excluding carboxylic acids is 2. The molecule has 2 aliphatic rings. The van der Waals surface area contributed by atoms with Crippen LogP contribution in [0.4, 0.5) is 0 Å². The highest BCUT2D eigenvalue weighted by molar-refractivity contribution is 6.42. The molecule has 7 heteroatoms. The SMILES string of the molecule is O=C(Cc1ccc(Cl)c(Cl)c1)N1CCN(CC(=O)N2CCCCCC2)CC1. The Bertz CT molecular complexity index is 667. The van der Waals surface area contributed by atoms with Gasteiger partial charge in [-0.25, -0.2) is 0 Å². The maximum atomic E-state index is 12.5. The Hall–Kier alpha value is -1.30. The molecule has 2 heterocycles. The highest BCUT2D eigenvalue weighted by atomic mass is 35.5. The van der Waals surface area contributed by atoms with Crippen LogP contribution >= 0.6 is 23.2 Å². The quantitative estimate of drug-likeness (QED) is 0.764. The molecule has 0 N–H and O–H groups in total. The summed E-state index contributed by atoms with van der Waals surface area (Å²) in [5.74, 6) is 0.319. The van der Waals surface area contributed by atoms with E-state index in [1.807, 2.05) is 15.9 Å². The van der Waals surface area contributed by atoms with E-state index in [1.54, 1.807) is 12.1 Å². The number of hydrogen-bond donors (Lipinski definition) is 0. The summed E-state index contributed by atoms with van der Waals surface area (Å²) in [4.78, 5) is 31.1. The van der Waals surface area contributed by atoms with Gasteiger partial charge in [-0.2, -0.15) is 0 Å². The van der Waals surface area contributed by atoms with Gasteiger partial charge in [-0.05, 0) is 30.5 Å². The molecule has 0 aromatic heterocycles. The van der Waals surface area contributed by atoms with Crippen molar-refractivity contribution in [2.75, 3.05) is 45.8 Å². The zero-order chi connectivity index (χ0) is 19.2. The van der Waals surface area contributed by atoms with Gasteiger partial charge in [0.2, 0.25) is 11.8 Å². The fourth-order valence-corrected chi connectivity index (χ4v) is 4.02. The van der Waals surface area contributed by atoms with Crippen molar-refractivity contribution in [2.45, 2.75) is 32.1 Å². The number of rotatable bonds is 4. The molecule has 2 fully saturated rings. The van der Waals surface area contributed by atoms with Gasteiger partial charge in [0.05, 0.1) is 23.0 Å². The Morgan fingerprint density at radius 2 is 1.41 bits per heavy atom. The third-order valence-corrected chi connectivity index (χ3v) is 6.12. The van der Waals surface area contributed by atoms with Gasteiger partial charge in [0.15, 0.2) is 0 Å². The molecule has 2 saturated heterocycles. The first-order valence-electron chi connectivity index (χ1n) is 9.75. The van der Waals surface area contributed by atoms with Crippen molar-refractivity contribution in [3.8, 4) is 0 Å². The Labute approximate surface area is 171 Å². The van der Waals surface area contributed by atoms with Crippen molar-refractivity contribution < 1.29 is 9.59 Å². The Kier molecular flexibility index (Phi) is 7.39. The monoisotopic (exact) mass is 411 g/mol. The minimum absolute atomic E-state index is 0.0897. The molecule has 2 amide bonds. The van der Waals surface area contributed by atoms with E-state index in [2.05, 4.69) is 4.90 Å². The van der Waals surface area contributed by atoms with Crippen LogP contribution in [0.15, 0.2) is 18.2 Å². The van der Waals surface area contributed by atoms with Gasteiger partial charge < -0.3 is 9.80 Å². The number of nitrogens with zero attached hydrogens (tertiary/aromatic N) is 3. The van der Waals surface area contributed by atoms with E-state index >= 15 is 0 Å². The number of carbonyl (C=O) groups is 2. The molecule has 0 aliphatic carbocycles. The fourth-order valence-electron chi connectivity index (χ4n) is 3.70. The minimum Gasteiger partial charge on any atom is -0.342 e. The molecule has 2 aliphatic heterocycles. The normalized spacial score (nSPS) is 19.0. The average Bonchev–Trinajstić information content (AvgIpc) is 2.95. The Balaban J connectivity index is 1.44. The smallest absolute Gasteiger partial charge is 0.236 e. The maximum Gasteiger partial charge on any atom is 0.236 e. The zero-order valence-corrected chi connectivity index (χ0v) is 17.1. The van der Waals surface area contributed by atoms with E-state index in [-0.39, 0.29) is 11.8 Å². The Morgan fingerprint density at radius 3 is 2.04 bits per heavy atom. The van der Waals surface area contributed by atoms with Crippen molar-refractivity contribution in [3.05, 3.63) is 33.8 Å². The summed E-state index contributed by atoms with van der Waals surface area (Å²) in [7, 11) is 0. The number of likely N-dealkylation sites (tertiary alicyclic amines) is 1. The molecule has 27 heavy (non-hydrogen) atoms. The Morgan fingerprint density at radius 1 is 0.778 bits per heavy atom. The molecular formula is C20H27Cl2N3O2. The first-order valence-corrected chi connectivity index (χ1v) is 10.5. The molecule has 0 bridgehead atoms. The lowest BCUT2D eigenvalue weighted by Crippen LogP contribution is -2.52. The standard InChI is InChI=1S/C20H27Cl2N3O2/c21-17-6-5-16(13-18(17)22)14-19(26)25-11-9-23(10-12-25)15-20(27)24-7-3-1-2-4-8-24/h5-6,13H,1-4,7-12,14-15H2. The van der Waals surface area contributed by atoms with Crippen LogP contribution in [0, 0.1) is 0 Å². The van der Waals surface area contributed by atoms with E-state index in [9.17, 15) is 9.59 Å². The van der Waals surface area contributed by atoms with Gasteiger partial charge in [-0.1, -0.05) is 42.1 Å². The summed E-state index contributed by atoms with van der Waals surface area (Å²) in [5.41, 5.74) is 0.869. The maximum absolute atomic E-state index is 12.5. The van der Waals surface area contributed by atoms with Crippen LogP contribution in [0.25, 0.3) is 0 Å². The zero-order valence-electron chi connectivity index (χ0n) is 15.6. The number of halogens is 2. The third kappa shape index (κ3) is 5.84. The van der Waals surface area contributed by atoms with Crippen molar-refractivity contribution in [2.24, 2.45) is 0 Å². The first-order chi connectivity index (χ1) is 13.0. The summed E-state index contributed by atoms with van der Waals surface area (Å²) >= 11 is 12.0. The van der Waals surface area contributed by atoms with Crippen molar-refractivity contribution in [1.82, 2.24) is 14.7 Å². The first kappa shape index (κ1) is 20.4. The van der Waals surface area contributed by atoms with Crippen molar-refractivity contribution >= 4 is 35.0 Å².